The Morgan fingerprint density at radius 3 is 2.48 bits per heavy atom. The maximum absolute atomic E-state index is 10.8. The summed E-state index contributed by atoms with van der Waals surface area (Å²) in [5.41, 5.74) is 1.56. The molecule has 1 saturated carbocycles. The van der Waals surface area contributed by atoms with Crippen LogP contribution in [0.2, 0.25) is 0 Å². The van der Waals surface area contributed by atoms with Crippen molar-refractivity contribution < 1.29 is 17.7 Å². The summed E-state index contributed by atoms with van der Waals surface area (Å²) in [5.74, 6) is 2.13. The van der Waals surface area contributed by atoms with Crippen LogP contribution in [0.5, 0.6) is 0 Å². The van der Waals surface area contributed by atoms with E-state index in [1.807, 2.05) is 11.6 Å². The standard InChI is InChI=1S/C18H30N6O4S/c1-11(2)16-21-14-15(22-18(19-3)23-17(14)24(16)4)20-12-5-7-13(8-6-12)28-9-10-29(25,26)27/h11-13H,5-10H2,1-4H3,(H,25,26,27)(H2,19,20,22,23). The van der Waals surface area contributed by atoms with Gasteiger partial charge in [-0.25, -0.2) is 4.98 Å². The first-order valence-corrected chi connectivity index (χ1v) is 11.5. The zero-order valence-corrected chi connectivity index (χ0v) is 18.2. The van der Waals surface area contributed by atoms with Crippen molar-refractivity contribution in [2.75, 3.05) is 30.0 Å². The van der Waals surface area contributed by atoms with E-state index in [-0.39, 0.29) is 30.4 Å². The average molecular weight is 427 g/mol. The molecule has 2 aromatic rings. The number of fused-ring (bicyclic) bond motifs is 1. The lowest BCUT2D eigenvalue weighted by molar-refractivity contribution is 0.0353. The smallest absolute Gasteiger partial charge is 0.267 e. The van der Waals surface area contributed by atoms with Gasteiger partial charge in [0.2, 0.25) is 5.95 Å². The molecule has 0 aliphatic heterocycles. The molecule has 3 N–H and O–H groups in total. The first-order chi connectivity index (χ1) is 13.7. The van der Waals surface area contributed by atoms with Crippen LogP contribution >= 0.6 is 0 Å². The summed E-state index contributed by atoms with van der Waals surface area (Å²) in [6.45, 7) is 4.22. The molecule has 2 heterocycles. The summed E-state index contributed by atoms with van der Waals surface area (Å²) in [5, 5.41) is 6.53. The minimum Gasteiger partial charge on any atom is -0.377 e. The predicted molar refractivity (Wildman–Crippen MR) is 112 cm³/mol. The quantitative estimate of drug-likeness (QED) is 0.543. The highest BCUT2D eigenvalue weighted by Gasteiger charge is 2.24. The lowest BCUT2D eigenvalue weighted by Gasteiger charge is -2.29. The largest absolute Gasteiger partial charge is 0.377 e. The molecule has 0 radical (unpaired) electrons. The van der Waals surface area contributed by atoms with Gasteiger partial charge in [-0.2, -0.15) is 18.4 Å². The summed E-state index contributed by atoms with van der Waals surface area (Å²) in [4.78, 5) is 13.9. The zero-order chi connectivity index (χ0) is 21.2. The van der Waals surface area contributed by atoms with Crippen molar-refractivity contribution in [3.05, 3.63) is 5.82 Å². The van der Waals surface area contributed by atoms with E-state index in [0.29, 0.717) is 5.95 Å². The summed E-state index contributed by atoms with van der Waals surface area (Å²) in [6.07, 6.45) is 3.39. The molecule has 1 aliphatic carbocycles. The molecule has 2 aromatic heterocycles. The van der Waals surface area contributed by atoms with Crippen LogP contribution in [0.25, 0.3) is 11.2 Å². The normalized spacial score (nSPS) is 20.3. The number of ether oxygens (including phenoxy) is 1. The number of hydrogen-bond acceptors (Lipinski definition) is 8. The maximum Gasteiger partial charge on any atom is 0.267 e. The number of hydrogen-bond donors (Lipinski definition) is 3. The zero-order valence-electron chi connectivity index (χ0n) is 17.3. The Morgan fingerprint density at radius 2 is 1.90 bits per heavy atom. The fourth-order valence-corrected chi connectivity index (χ4v) is 4.00. The number of rotatable bonds is 8. The minimum atomic E-state index is -3.98. The van der Waals surface area contributed by atoms with Crippen LogP contribution in [0.4, 0.5) is 11.8 Å². The number of aryl methyl sites for hydroxylation is 1. The van der Waals surface area contributed by atoms with Crippen LogP contribution in [0.15, 0.2) is 0 Å². The molecule has 0 unspecified atom stereocenters. The Bertz CT molecular complexity index is 951. The van der Waals surface area contributed by atoms with Crippen molar-refractivity contribution in [3.8, 4) is 0 Å². The Hall–Kier alpha value is -1.98. The van der Waals surface area contributed by atoms with E-state index < -0.39 is 10.1 Å². The number of anilines is 2. The van der Waals surface area contributed by atoms with E-state index in [0.717, 1.165) is 48.5 Å². The van der Waals surface area contributed by atoms with E-state index in [1.165, 1.54) is 0 Å². The summed E-state index contributed by atoms with van der Waals surface area (Å²) < 4.78 is 38.0. The Balaban J connectivity index is 1.68. The molecule has 0 amide bonds. The highest BCUT2D eigenvalue weighted by molar-refractivity contribution is 7.85. The Labute approximate surface area is 171 Å². The molecular formula is C18H30N6O4S. The molecule has 0 aromatic carbocycles. The van der Waals surface area contributed by atoms with Gasteiger partial charge in [-0.1, -0.05) is 13.8 Å². The SMILES string of the molecule is CNc1nc(NC2CCC(OCCS(=O)(=O)O)CC2)c2nc(C(C)C)n(C)c2n1. The minimum absolute atomic E-state index is 0.00971. The fraction of sp³-hybridized carbons (Fsp3) is 0.722. The van der Waals surface area contributed by atoms with Crippen molar-refractivity contribution in [2.24, 2.45) is 7.05 Å². The van der Waals surface area contributed by atoms with Crippen LogP contribution < -0.4 is 10.6 Å². The molecule has 11 heteroatoms. The van der Waals surface area contributed by atoms with E-state index in [2.05, 4.69) is 34.4 Å². The van der Waals surface area contributed by atoms with Gasteiger partial charge in [0.25, 0.3) is 10.1 Å². The summed E-state index contributed by atoms with van der Waals surface area (Å²) in [7, 11) is -0.218. The van der Waals surface area contributed by atoms with Crippen molar-refractivity contribution in [1.29, 1.82) is 0 Å². The van der Waals surface area contributed by atoms with E-state index in [4.69, 9.17) is 14.3 Å². The van der Waals surface area contributed by atoms with E-state index in [9.17, 15) is 8.42 Å². The van der Waals surface area contributed by atoms with Crippen molar-refractivity contribution >= 4 is 33.0 Å². The van der Waals surface area contributed by atoms with Gasteiger partial charge in [0, 0.05) is 26.1 Å². The number of aromatic nitrogens is 4. The molecule has 10 nitrogen and oxygen atoms in total. The third-order valence-corrected chi connectivity index (χ3v) is 5.89. The monoisotopic (exact) mass is 426 g/mol. The highest BCUT2D eigenvalue weighted by Crippen LogP contribution is 2.29. The molecule has 0 atom stereocenters. The molecule has 1 aliphatic rings. The second-order valence-electron chi connectivity index (χ2n) is 7.78. The topological polar surface area (TPSA) is 131 Å². The first-order valence-electron chi connectivity index (χ1n) is 9.93. The van der Waals surface area contributed by atoms with Gasteiger partial charge in [-0.15, -0.1) is 0 Å². The molecule has 29 heavy (non-hydrogen) atoms. The summed E-state index contributed by atoms with van der Waals surface area (Å²) >= 11 is 0. The lowest BCUT2D eigenvalue weighted by Crippen LogP contribution is -2.31. The highest BCUT2D eigenvalue weighted by atomic mass is 32.2. The number of imidazole rings is 1. The van der Waals surface area contributed by atoms with Gasteiger partial charge in [0.05, 0.1) is 18.5 Å². The van der Waals surface area contributed by atoms with Crippen molar-refractivity contribution in [1.82, 2.24) is 19.5 Å². The maximum atomic E-state index is 10.8. The van der Waals surface area contributed by atoms with Gasteiger partial charge in [0.1, 0.15) is 5.82 Å². The second-order valence-corrected chi connectivity index (χ2v) is 9.35. The third kappa shape index (κ3) is 5.34. The lowest BCUT2D eigenvalue weighted by atomic mass is 9.93. The van der Waals surface area contributed by atoms with Gasteiger partial charge >= 0.3 is 0 Å². The van der Waals surface area contributed by atoms with Gasteiger partial charge < -0.3 is 19.9 Å². The molecular weight excluding hydrogens is 396 g/mol. The fourth-order valence-electron chi connectivity index (χ4n) is 3.69. The van der Waals surface area contributed by atoms with Crippen LogP contribution in [0.1, 0.15) is 51.3 Å². The Kier molecular flexibility index (Phi) is 6.59. The van der Waals surface area contributed by atoms with Gasteiger partial charge in [0.15, 0.2) is 17.0 Å². The molecule has 3 rings (SSSR count). The van der Waals surface area contributed by atoms with Gasteiger partial charge in [-0.05, 0) is 25.7 Å². The van der Waals surface area contributed by atoms with Crippen LogP contribution in [0, 0.1) is 0 Å². The second kappa shape index (κ2) is 8.80. The van der Waals surface area contributed by atoms with E-state index in [1.54, 1.807) is 7.05 Å². The molecule has 0 bridgehead atoms. The van der Waals surface area contributed by atoms with Crippen LogP contribution in [0.3, 0.4) is 0 Å². The number of nitrogens with one attached hydrogen (secondary N) is 2. The average Bonchev–Trinajstić information content (AvgIpc) is 2.99. The third-order valence-electron chi connectivity index (χ3n) is 5.20. The molecule has 162 valence electrons. The number of nitrogens with zero attached hydrogens (tertiary/aromatic N) is 4. The van der Waals surface area contributed by atoms with Crippen molar-refractivity contribution in [2.45, 2.75) is 57.6 Å². The summed E-state index contributed by atoms with van der Waals surface area (Å²) in [6, 6.07) is 0.226. The van der Waals surface area contributed by atoms with Crippen molar-refractivity contribution in [3.63, 3.8) is 0 Å². The van der Waals surface area contributed by atoms with Gasteiger partial charge in [-0.3, -0.25) is 4.55 Å². The van der Waals surface area contributed by atoms with Crippen LogP contribution in [-0.4, -0.2) is 64.0 Å². The first kappa shape index (κ1) is 21.7. The van der Waals surface area contributed by atoms with Crippen LogP contribution in [-0.2, 0) is 21.9 Å². The Morgan fingerprint density at radius 1 is 1.21 bits per heavy atom. The molecule has 0 spiro atoms. The molecule has 0 saturated heterocycles. The van der Waals surface area contributed by atoms with E-state index >= 15 is 0 Å². The molecule has 1 fully saturated rings. The predicted octanol–water partition coefficient (Wildman–Crippen LogP) is 2.16.